The maximum absolute atomic E-state index is 11.7. The molecule has 90 valence electrons. The number of carbonyl (C=O) groups is 2. The third-order valence-electron chi connectivity index (χ3n) is 2.67. The first-order chi connectivity index (χ1) is 7.99. The number of carbonyl (C=O) groups excluding carboxylic acids is 1. The molecule has 0 radical (unpaired) electrons. The number of benzene rings is 1. The first-order valence-corrected chi connectivity index (χ1v) is 6.14. The molecule has 1 aromatic carbocycles. The van der Waals surface area contributed by atoms with Crippen LogP contribution < -0.4 is 4.90 Å². The molecule has 0 bridgehead atoms. The van der Waals surface area contributed by atoms with Gasteiger partial charge in [-0.1, -0.05) is 27.5 Å². The molecule has 2 rings (SSSR count). The fraction of sp³-hybridized carbons (Fsp3) is 0.273. The summed E-state index contributed by atoms with van der Waals surface area (Å²) in [5.74, 6) is -1.81. The summed E-state index contributed by atoms with van der Waals surface area (Å²) < 4.78 is 0.813. The highest BCUT2D eigenvalue weighted by Crippen LogP contribution is 2.33. The number of hydrogen-bond acceptors (Lipinski definition) is 2. The Hall–Kier alpha value is -1.07. The second-order valence-electron chi connectivity index (χ2n) is 3.84. The van der Waals surface area contributed by atoms with E-state index in [1.165, 1.54) is 4.90 Å². The molecular weight excluding hydrogens is 309 g/mol. The smallest absolute Gasteiger partial charge is 0.308 e. The van der Waals surface area contributed by atoms with E-state index in [0.29, 0.717) is 10.7 Å². The van der Waals surface area contributed by atoms with Gasteiger partial charge in [-0.2, -0.15) is 0 Å². The van der Waals surface area contributed by atoms with Crippen molar-refractivity contribution in [3.05, 3.63) is 27.7 Å². The number of anilines is 1. The fourth-order valence-electron chi connectivity index (χ4n) is 1.81. The van der Waals surface area contributed by atoms with E-state index in [1.807, 2.05) is 0 Å². The van der Waals surface area contributed by atoms with E-state index < -0.39 is 11.9 Å². The molecule has 0 saturated carbocycles. The zero-order valence-electron chi connectivity index (χ0n) is 8.69. The molecule has 17 heavy (non-hydrogen) atoms. The molecule has 1 aliphatic rings. The van der Waals surface area contributed by atoms with Crippen molar-refractivity contribution in [1.29, 1.82) is 0 Å². The van der Waals surface area contributed by atoms with Gasteiger partial charge in [-0.05, 0) is 18.2 Å². The largest absolute Gasteiger partial charge is 0.481 e. The minimum atomic E-state index is -0.950. The number of carboxylic acids is 1. The summed E-state index contributed by atoms with van der Waals surface area (Å²) in [5.41, 5.74) is 0.559. The van der Waals surface area contributed by atoms with Crippen LogP contribution in [0.15, 0.2) is 22.7 Å². The maximum atomic E-state index is 11.7. The van der Waals surface area contributed by atoms with Crippen LogP contribution in [0.25, 0.3) is 0 Å². The van der Waals surface area contributed by atoms with Gasteiger partial charge in [0, 0.05) is 17.4 Å². The van der Waals surface area contributed by atoms with Gasteiger partial charge in [0.25, 0.3) is 0 Å². The Labute approximate surface area is 111 Å². The van der Waals surface area contributed by atoms with Crippen LogP contribution >= 0.6 is 27.5 Å². The standard InChI is InChI=1S/C11H9BrClNO3/c12-7-1-2-9(8(13)4-7)14-5-6(11(16)17)3-10(14)15/h1-2,4,6H,3,5H2,(H,16,17)/t6-/m1/s1. The summed E-state index contributed by atoms with van der Waals surface area (Å²) in [4.78, 5) is 24.0. The molecule has 4 nitrogen and oxygen atoms in total. The molecule has 0 aromatic heterocycles. The lowest BCUT2D eigenvalue weighted by atomic mass is 10.1. The zero-order valence-corrected chi connectivity index (χ0v) is 11.0. The van der Waals surface area contributed by atoms with E-state index in [4.69, 9.17) is 16.7 Å². The van der Waals surface area contributed by atoms with Crippen LogP contribution in [0.1, 0.15) is 6.42 Å². The van der Waals surface area contributed by atoms with Gasteiger partial charge in [0.1, 0.15) is 0 Å². The summed E-state index contributed by atoms with van der Waals surface area (Å²) in [7, 11) is 0. The lowest BCUT2D eigenvalue weighted by Gasteiger charge is -2.17. The van der Waals surface area contributed by atoms with Crippen LogP contribution in [0.3, 0.4) is 0 Å². The molecule has 0 spiro atoms. The first kappa shape index (κ1) is 12.4. The average Bonchev–Trinajstić information content (AvgIpc) is 2.61. The Morgan fingerprint density at radius 1 is 1.53 bits per heavy atom. The van der Waals surface area contributed by atoms with Crippen molar-refractivity contribution in [3.8, 4) is 0 Å². The fourth-order valence-corrected chi connectivity index (χ4v) is 2.58. The highest BCUT2D eigenvalue weighted by atomic mass is 79.9. The lowest BCUT2D eigenvalue weighted by Crippen LogP contribution is -2.26. The van der Waals surface area contributed by atoms with E-state index in [9.17, 15) is 9.59 Å². The monoisotopic (exact) mass is 317 g/mol. The van der Waals surface area contributed by atoms with Gasteiger partial charge in [-0.3, -0.25) is 9.59 Å². The molecule has 1 heterocycles. The quantitative estimate of drug-likeness (QED) is 0.911. The van der Waals surface area contributed by atoms with E-state index in [2.05, 4.69) is 15.9 Å². The van der Waals surface area contributed by atoms with Gasteiger partial charge in [0.05, 0.1) is 16.6 Å². The van der Waals surface area contributed by atoms with Crippen molar-refractivity contribution >= 4 is 45.1 Å². The summed E-state index contributed by atoms with van der Waals surface area (Å²) in [6, 6.07) is 5.15. The minimum Gasteiger partial charge on any atom is -0.481 e. The average molecular weight is 319 g/mol. The predicted octanol–water partition coefficient (Wildman–Crippen LogP) is 2.54. The van der Waals surface area contributed by atoms with Crippen LogP contribution in [-0.4, -0.2) is 23.5 Å². The molecule has 1 aromatic rings. The van der Waals surface area contributed by atoms with Crippen molar-refractivity contribution in [3.63, 3.8) is 0 Å². The van der Waals surface area contributed by atoms with Crippen molar-refractivity contribution in [2.24, 2.45) is 5.92 Å². The Morgan fingerprint density at radius 3 is 2.76 bits per heavy atom. The van der Waals surface area contributed by atoms with Crippen molar-refractivity contribution < 1.29 is 14.7 Å². The molecule has 0 unspecified atom stereocenters. The molecule has 1 saturated heterocycles. The van der Waals surface area contributed by atoms with Crippen molar-refractivity contribution in [1.82, 2.24) is 0 Å². The van der Waals surface area contributed by atoms with E-state index in [-0.39, 0.29) is 18.9 Å². The Bertz CT molecular complexity index is 492. The van der Waals surface area contributed by atoms with Gasteiger partial charge < -0.3 is 10.0 Å². The van der Waals surface area contributed by atoms with Gasteiger partial charge in [0.15, 0.2) is 0 Å². The molecule has 1 amide bonds. The number of aliphatic carboxylic acids is 1. The van der Waals surface area contributed by atoms with Crippen LogP contribution in [0.4, 0.5) is 5.69 Å². The van der Waals surface area contributed by atoms with Crippen LogP contribution in [0, 0.1) is 5.92 Å². The predicted molar refractivity (Wildman–Crippen MR) is 67.2 cm³/mol. The van der Waals surface area contributed by atoms with E-state index >= 15 is 0 Å². The molecule has 1 atom stereocenters. The Morgan fingerprint density at radius 2 is 2.24 bits per heavy atom. The van der Waals surface area contributed by atoms with Crippen LogP contribution in [0.2, 0.25) is 5.02 Å². The number of halogens is 2. The zero-order chi connectivity index (χ0) is 12.6. The van der Waals surface area contributed by atoms with E-state index in [1.54, 1.807) is 18.2 Å². The second kappa shape index (κ2) is 4.66. The normalized spacial score (nSPS) is 19.8. The molecule has 0 aliphatic carbocycles. The number of nitrogens with zero attached hydrogens (tertiary/aromatic N) is 1. The lowest BCUT2D eigenvalue weighted by molar-refractivity contribution is -0.141. The number of rotatable bonds is 2. The highest BCUT2D eigenvalue weighted by molar-refractivity contribution is 9.10. The number of hydrogen-bond donors (Lipinski definition) is 1. The molecule has 6 heteroatoms. The summed E-state index contributed by atoms with van der Waals surface area (Å²) in [6.07, 6.45) is 0.0295. The van der Waals surface area contributed by atoms with Gasteiger partial charge >= 0.3 is 5.97 Å². The molecular formula is C11H9BrClNO3. The topological polar surface area (TPSA) is 57.6 Å². The first-order valence-electron chi connectivity index (χ1n) is 4.97. The van der Waals surface area contributed by atoms with Crippen molar-refractivity contribution in [2.45, 2.75) is 6.42 Å². The Balaban J connectivity index is 2.29. The number of amides is 1. The van der Waals surface area contributed by atoms with Crippen molar-refractivity contribution in [2.75, 3.05) is 11.4 Å². The Kier molecular flexibility index (Phi) is 3.40. The molecule has 1 N–H and O–H groups in total. The van der Waals surface area contributed by atoms with Gasteiger partial charge in [-0.15, -0.1) is 0 Å². The third-order valence-corrected chi connectivity index (χ3v) is 3.47. The third kappa shape index (κ3) is 2.45. The van der Waals surface area contributed by atoms with Crippen LogP contribution in [0.5, 0.6) is 0 Å². The number of carboxylic acid groups (broad SMARTS) is 1. The molecule has 1 aliphatic heterocycles. The van der Waals surface area contributed by atoms with Gasteiger partial charge in [-0.25, -0.2) is 0 Å². The summed E-state index contributed by atoms with van der Waals surface area (Å²) in [6.45, 7) is 0.176. The van der Waals surface area contributed by atoms with Crippen LogP contribution in [-0.2, 0) is 9.59 Å². The van der Waals surface area contributed by atoms with E-state index in [0.717, 1.165) is 4.47 Å². The minimum absolute atomic E-state index is 0.0295. The maximum Gasteiger partial charge on any atom is 0.308 e. The SMILES string of the molecule is O=C(O)[C@@H]1CC(=O)N(c2ccc(Br)cc2Cl)C1. The molecule has 1 fully saturated rings. The summed E-state index contributed by atoms with van der Waals surface area (Å²) in [5, 5.41) is 9.32. The van der Waals surface area contributed by atoms with Gasteiger partial charge in [0.2, 0.25) is 5.91 Å². The summed E-state index contributed by atoms with van der Waals surface area (Å²) >= 11 is 9.30. The second-order valence-corrected chi connectivity index (χ2v) is 5.16. The highest BCUT2D eigenvalue weighted by Gasteiger charge is 2.35.